The van der Waals surface area contributed by atoms with Gasteiger partial charge < -0.3 is 4.90 Å². The number of aryl methyl sites for hydroxylation is 1. The first-order valence-corrected chi connectivity index (χ1v) is 7.88. The van der Waals surface area contributed by atoms with Crippen LogP contribution in [0, 0.1) is 0 Å². The van der Waals surface area contributed by atoms with Crippen molar-refractivity contribution in [2.75, 3.05) is 13.1 Å². The number of hydrogen-bond acceptors (Lipinski definition) is 3. The van der Waals surface area contributed by atoms with Crippen molar-refractivity contribution in [3.8, 4) is 0 Å². The molecule has 116 valence electrons. The van der Waals surface area contributed by atoms with E-state index in [0.717, 1.165) is 24.5 Å². The molecule has 1 aliphatic rings. The topological polar surface area (TPSA) is 51.0 Å². The molecule has 22 heavy (non-hydrogen) atoms. The third kappa shape index (κ3) is 2.63. The minimum absolute atomic E-state index is 0.0773. The lowest BCUT2D eigenvalue weighted by atomic mass is 9.95. The Balaban J connectivity index is 1.71. The van der Waals surface area contributed by atoms with E-state index in [9.17, 15) is 4.79 Å². The zero-order valence-electron chi connectivity index (χ0n) is 13.4. The molecule has 1 fully saturated rings. The number of carbonyl (C=O) groups excluding carboxylic acids is 1. The van der Waals surface area contributed by atoms with Gasteiger partial charge in [0.1, 0.15) is 5.69 Å². The molecule has 1 saturated heterocycles. The summed E-state index contributed by atoms with van der Waals surface area (Å²) in [5.74, 6) is 0.762. The van der Waals surface area contributed by atoms with Gasteiger partial charge in [-0.25, -0.2) is 0 Å². The first kappa shape index (κ1) is 14.8. The van der Waals surface area contributed by atoms with E-state index >= 15 is 0 Å². The molecule has 0 saturated carbocycles. The summed E-state index contributed by atoms with van der Waals surface area (Å²) in [6.07, 6.45) is 1.81. The van der Waals surface area contributed by atoms with Crippen molar-refractivity contribution in [1.29, 1.82) is 0 Å². The first-order chi connectivity index (χ1) is 10.6. The van der Waals surface area contributed by atoms with Crippen LogP contribution in [0.15, 0.2) is 30.5 Å². The predicted molar refractivity (Wildman–Crippen MR) is 84.9 cm³/mol. The zero-order chi connectivity index (χ0) is 15.7. The van der Waals surface area contributed by atoms with E-state index in [0.29, 0.717) is 24.1 Å². The van der Waals surface area contributed by atoms with Gasteiger partial charge in [-0.3, -0.25) is 14.5 Å². The highest BCUT2D eigenvalue weighted by molar-refractivity contribution is 5.93. The van der Waals surface area contributed by atoms with E-state index in [1.165, 1.54) is 0 Å². The van der Waals surface area contributed by atoms with Gasteiger partial charge in [-0.05, 0) is 31.0 Å². The third-order valence-corrected chi connectivity index (χ3v) is 4.18. The highest BCUT2D eigenvalue weighted by Gasteiger charge is 2.34. The molecule has 1 amide bonds. The fourth-order valence-corrected chi connectivity index (χ4v) is 2.74. The fourth-order valence-electron chi connectivity index (χ4n) is 2.74. The number of amides is 1. The van der Waals surface area contributed by atoms with Crippen LogP contribution in [0.5, 0.6) is 0 Å². The molecule has 1 aliphatic heterocycles. The Labute approximate surface area is 131 Å². The average molecular weight is 298 g/mol. The number of carbonyl (C=O) groups is 1. The van der Waals surface area contributed by atoms with Crippen LogP contribution in [0.3, 0.4) is 0 Å². The van der Waals surface area contributed by atoms with Crippen molar-refractivity contribution in [2.45, 2.75) is 39.2 Å². The van der Waals surface area contributed by atoms with Crippen molar-refractivity contribution in [1.82, 2.24) is 19.7 Å². The largest absolute Gasteiger partial charge is 0.336 e. The van der Waals surface area contributed by atoms with Crippen LogP contribution < -0.4 is 0 Å². The summed E-state index contributed by atoms with van der Waals surface area (Å²) >= 11 is 0. The molecule has 0 atom stereocenters. The lowest BCUT2D eigenvalue weighted by Crippen LogP contribution is -2.49. The molecule has 2 aromatic rings. The number of nitrogens with zero attached hydrogens (tertiary/aromatic N) is 4. The van der Waals surface area contributed by atoms with Crippen LogP contribution in [-0.4, -0.2) is 38.7 Å². The Kier molecular flexibility index (Phi) is 3.96. The molecule has 0 aromatic carbocycles. The summed E-state index contributed by atoms with van der Waals surface area (Å²) in [6, 6.07) is 7.87. The van der Waals surface area contributed by atoms with Crippen molar-refractivity contribution in [3.05, 3.63) is 47.5 Å². The number of hydrogen-bond donors (Lipinski definition) is 0. The van der Waals surface area contributed by atoms with Gasteiger partial charge in [0.25, 0.3) is 5.91 Å². The Bertz CT molecular complexity index is 657. The lowest BCUT2D eigenvalue weighted by molar-refractivity contribution is 0.0586. The zero-order valence-corrected chi connectivity index (χ0v) is 13.4. The Morgan fingerprint density at radius 3 is 2.73 bits per heavy atom. The van der Waals surface area contributed by atoms with E-state index in [2.05, 4.69) is 23.9 Å². The Morgan fingerprint density at radius 1 is 1.36 bits per heavy atom. The van der Waals surface area contributed by atoms with E-state index in [1.54, 1.807) is 6.20 Å². The van der Waals surface area contributed by atoms with Gasteiger partial charge in [0.15, 0.2) is 0 Å². The van der Waals surface area contributed by atoms with Gasteiger partial charge in [-0.2, -0.15) is 5.10 Å². The summed E-state index contributed by atoms with van der Waals surface area (Å²) in [5, 5.41) is 4.52. The van der Waals surface area contributed by atoms with Crippen LogP contribution >= 0.6 is 0 Å². The first-order valence-electron chi connectivity index (χ1n) is 7.88. The molecule has 0 spiro atoms. The minimum atomic E-state index is 0.0773. The van der Waals surface area contributed by atoms with Gasteiger partial charge in [-0.15, -0.1) is 0 Å². The fraction of sp³-hybridized carbons (Fsp3) is 0.471. The average Bonchev–Trinajstić information content (AvgIpc) is 2.91. The molecule has 5 heteroatoms. The van der Waals surface area contributed by atoms with Gasteiger partial charge in [0.05, 0.1) is 5.69 Å². The Morgan fingerprint density at radius 2 is 2.14 bits per heavy atom. The second-order valence-electron chi connectivity index (χ2n) is 6.09. The van der Waals surface area contributed by atoms with Crippen LogP contribution in [0.25, 0.3) is 0 Å². The second kappa shape index (κ2) is 5.91. The Hall–Kier alpha value is -2.17. The van der Waals surface area contributed by atoms with Crippen LogP contribution in [-0.2, 0) is 6.54 Å². The van der Waals surface area contributed by atoms with Crippen molar-refractivity contribution >= 4 is 5.91 Å². The van der Waals surface area contributed by atoms with Gasteiger partial charge >= 0.3 is 0 Å². The maximum absolute atomic E-state index is 12.7. The molecular formula is C17H22N4O. The van der Waals surface area contributed by atoms with Gasteiger partial charge in [0, 0.05) is 37.4 Å². The summed E-state index contributed by atoms with van der Waals surface area (Å²) in [4.78, 5) is 18.9. The molecule has 2 aromatic heterocycles. The number of rotatable bonds is 4. The maximum Gasteiger partial charge on any atom is 0.272 e. The van der Waals surface area contributed by atoms with Crippen LogP contribution in [0.1, 0.15) is 54.5 Å². The summed E-state index contributed by atoms with van der Waals surface area (Å²) < 4.78 is 1.81. The molecule has 0 bridgehead atoms. The molecule has 3 heterocycles. The van der Waals surface area contributed by atoms with Crippen molar-refractivity contribution in [2.24, 2.45) is 0 Å². The smallest absolute Gasteiger partial charge is 0.272 e. The maximum atomic E-state index is 12.7. The quantitative estimate of drug-likeness (QED) is 0.872. The summed E-state index contributed by atoms with van der Waals surface area (Å²) in [6.45, 7) is 8.39. The van der Waals surface area contributed by atoms with Crippen LogP contribution in [0.4, 0.5) is 0 Å². The van der Waals surface area contributed by atoms with Gasteiger partial charge in [-0.1, -0.05) is 19.9 Å². The standard InChI is InChI=1S/C17H22N4O/c1-4-21-16(9-15(19-21)12(2)3)17(22)20-10-13(11-20)14-7-5-6-8-18-14/h5-9,12-13H,4,10-11H2,1-3H3. The molecule has 3 rings (SSSR count). The summed E-state index contributed by atoms with van der Waals surface area (Å²) in [7, 11) is 0. The molecule has 0 N–H and O–H groups in total. The predicted octanol–water partition coefficient (Wildman–Crippen LogP) is 2.66. The highest BCUT2D eigenvalue weighted by atomic mass is 16.2. The monoisotopic (exact) mass is 298 g/mol. The number of likely N-dealkylation sites (tertiary alicyclic amines) is 1. The molecule has 0 radical (unpaired) electrons. The summed E-state index contributed by atoms with van der Waals surface area (Å²) in [5.41, 5.74) is 2.75. The number of aromatic nitrogens is 3. The van der Waals surface area contributed by atoms with Crippen LogP contribution in [0.2, 0.25) is 0 Å². The van der Waals surface area contributed by atoms with Crippen molar-refractivity contribution in [3.63, 3.8) is 0 Å². The molecule has 0 unspecified atom stereocenters. The lowest BCUT2D eigenvalue weighted by Gasteiger charge is -2.38. The molecule has 0 aliphatic carbocycles. The minimum Gasteiger partial charge on any atom is -0.336 e. The normalized spacial score (nSPS) is 15.2. The van der Waals surface area contributed by atoms with E-state index in [1.807, 2.05) is 40.8 Å². The van der Waals surface area contributed by atoms with Crippen molar-refractivity contribution < 1.29 is 4.79 Å². The molecule has 5 nitrogen and oxygen atoms in total. The van der Waals surface area contributed by atoms with E-state index < -0.39 is 0 Å². The number of pyridine rings is 1. The third-order valence-electron chi connectivity index (χ3n) is 4.18. The highest BCUT2D eigenvalue weighted by Crippen LogP contribution is 2.27. The van der Waals surface area contributed by atoms with E-state index in [-0.39, 0.29) is 5.91 Å². The van der Waals surface area contributed by atoms with Gasteiger partial charge in [0.2, 0.25) is 0 Å². The second-order valence-corrected chi connectivity index (χ2v) is 6.09. The molecular weight excluding hydrogens is 276 g/mol. The van der Waals surface area contributed by atoms with E-state index in [4.69, 9.17) is 0 Å². The SMILES string of the molecule is CCn1nc(C(C)C)cc1C(=O)N1CC(c2ccccn2)C1.